The standard InChI is InChI=1S/C16H19N5O2/c1-19-9-12-7-6-11(8-15(19)22)21(12)16(23)10-20-17-13-4-2-3-5-14(13)18-20/h2-5,11-12H,6-10H2,1H3/t11-,12+/m1/s1. The van der Waals surface area contributed by atoms with Crippen LogP contribution in [0.15, 0.2) is 24.3 Å². The third-order valence-corrected chi connectivity index (χ3v) is 4.83. The largest absolute Gasteiger partial charge is 0.344 e. The number of hydrogen-bond donors (Lipinski definition) is 0. The van der Waals surface area contributed by atoms with Gasteiger partial charge in [0.2, 0.25) is 11.8 Å². The number of amides is 2. The summed E-state index contributed by atoms with van der Waals surface area (Å²) in [4.78, 5) is 29.9. The van der Waals surface area contributed by atoms with Crippen LogP contribution in [-0.2, 0) is 16.1 Å². The molecule has 1 aromatic heterocycles. The van der Waals surface area contributed by atoms with Crippen molar-refractivity contribution in [2.45, 2.75) is 37.9 Å². The smallest absolute Gasteiger partial charge is 0.246 e. The summed E-state index contributed by atoms with van der Waals surface area (Å²) >= 11 is 0. The molecule has 2 aliphatic rings. The molecular weight excluding hydrogens is 294 g/mol. The number of likely N-dealkylation sites (N-methyl/N-ethyl adjacent to an activating group) is 1. The maximum atomic E-state index is 12.8. The van der Waals surface area contributed by atoms with Gasteiger partial charge < -0.3 is 9.80 Å². The van der Waals surface area contributed by atoms with Crippen molar-refractivity contribution in [3.05, 3.63) is 24.3 Å². The van der Waals surface area contributed by atoms with Gasteiger partial charge >= 0.3 is 0 Å². The summed E-state index contributed by atoms with van der Waals surface area (Å²) in [5.74, 6) is 0.124. The first-order valence-corrected chi connectivity index (χ1v) is 7.97. The predicted molar refractivity (Wildman–Crippen MR) is 83.4 cm³/mol. The van der Waals surface area contributed by atoms with E-state index < -0.39 is 0 Å². The molecule has 2 atom stereocenters. The van der Waals surface area contributed by atoms with Crippen LogP contribution < -0.4 is 0 Å². The number of carbonyl (C=O) groups excluding carboxylic acids is 2. The fraction of sp³-hybridized carbons (Fsp3) is 0.500. The van der Waals surface area contributed by atoms with Gasteiger partial charge in [-0.25, -0.2) is 0 Å². The highest BCUT2D eigenvalue weighted by molar-refractivity contribution is 5.82. The molecule has 0 aliphatic carbocycles. The molecular formula is C16H19N5O2. The summed E-state index contributed by atoms with van der Waals surface area (Å²) in [6.07, 6.45) is 2.29. The van der Waals surface area contributed by atoms with Crippen LogP contribution in [0.2, 0.25) is 0 Å². The number of nitrogens with zero attached hydrogens (tertiary/aromatic N) is 5. The summed E-state index contributed by atoms with van der Waals surface area (Å²) in [5, 5.41) is 8.70. The van der Waals surface area contributed by atoms with Gasteiger partial charge in [-0.05, 0) is 25.0 Å². The first-order chi connectivity index (χ1) is 11.1. The van der Waals surface area contributed by atoms with Gasteiger partial charge in [0.1, 0.15) is 17.6 Å². The minimum Gasteiger partial charge on any atom is -0.344 e. The molecule has 1 aromatic carbocycles. The molecule has 2 aliphatic heterocycles. The van der Waals surface area contributed by atoms with E-state index in [-0.39, 0.29) is 30.4 Å². The van der Waals surface area contributed by atoms with Crippen LogP contribution in [0.4, 0.5) is 0 Å². The Bertz CT molecular complexity index is 738. The second-order valence-corrected chi connectivity index (χ2v) is 6.38. The van der Waals surface area contributed by atoms with Gasteiger partial charge in [-0.15, -0.1) is 0 Å². The fourth-order valence-electron chi connectivity index (χ4n) is 3.70. The van der Waals surface area contributed by atoms with Crippen molar-refractivity contribution in [1.82, 2.24) is 24.8 Å². The molecule has 23 heavy (non-hydrogen) atoms. The summed E-state index contributed by atoms with van der Waals surface area (Å²) in [6.45, 7) is 0.745. The van der Waals surface area contributed by atoms with Crippen molar-refractivity contribution in [3.8, 4) is 0 Å². The summed E-state index contributed by atoms with van der Waals surface area (Å²) in [6, 6.07) is 7.71. The average Bonchev–Trinajstić information content (AvgIpc) is 3.06. The molecule has 2 aromatic rings. The zero-order valence-corrected chi connectivity index (χ0v) is 13.1. The minimum atomic E-state index is 0.000839. The SMILES string of the molecule is CN1C[C@@H]2CC[C@H](CC1=O)N2C(=O)Cn1nc2ccccc2n1. The van der Waals surface area contributed by atoms with Gasteiger partial charge in [-0.1, -0.05) is 12.1 Å². The topological polar surface area (TPSA) is 71.3 Å². The highest BCUT2D eigenvalue weighted by atomic mass is 16.2. The summed E-state index contributed by atoms with van der Waals surface area (Å²) in [7, 11) is 1.81. The van der Waals surface area contributed by atoms with Gasteiger partial charge in [-0.2, -0.15) is 15.0 Å². The van der Waals surface area contributed by atoms with Gasteiger partial charge in [0.05, 0.1) is 0 Å². The molecule has 0 unspecified atom stereocenters. The number of hydrogen-bond acceptors (Lipinski definition) is 4. The van der Waals surface area contributed by atoms with Crippen LogP contribution in [-0.4, -0.2) is 62.3 Å². The van der Waals surface area contributed by atoms with Crippen molar-refractivity contribution in [1.29, 1.82) is 0 Å². The van der Waals surface area contributed by atoms with Gasteiger partial charge in [0, 0.05) is 32.1 Å². The van der Waals surface area contributed by atoms with Gasteiger partial charge in [-0.3, -0.25) is 9.59 Å². The number of fused-ring (bicyclic) bond motifs is 3. The molecule has 2 amide bonds. The Kier molecular flexibility index (Phi) is 3.28. The van der Waals surface area contributed by atoms with Crippen molar-refractivity contribution < 1.29 is 9.59 Å². The Labute approximate surface area is 133 Å². The molecule has 0 spiro atoms. The van der Waals surface area contributed by atoms with E-state index in [1.807, 2.05) is 36.2 Å². The van der Waals surface area contributed by atoms with E-state index in [1.165, 1.54) is 4.80 Å². The molecule has 0 N–H and O–H groups in total. The lowest BCUT2D eigenvalue weighted by atomic mass is 10.1. The second kappa shape index (κ2) is 5.33. The molecule has 0 radical (unpaired) electrons. The zero-order valence-electron chi connectivity index (χ0n) is 13.1. The van der Waals surface area contributed by atoms with Crippen molar-refractivity contribution in [2.75, 3.05) is 13.6 Å². The van der Waals surface area contributed by atoms with Crippen molar-refractivity contribution in [2.24, 2.45) is 0 Å². The molecule has 0 saturated carbocycles. The van der Waals surface area contributed by atoms with Crippen LogP contribution >= 0.6 is 0 Å². The van der Waals surface area contributed by atoms with E-state index >= 15 is 0 Å². The van der Waals surface area contributed by atoms with Gasteiger partial charge in [0.25, 0.3) is 0 Å². The molecule has 3 heterocycles. The lowest BCUT2D eigenvalue weighted by Crippen LogP contribution is -2.44. The normalized spacial score (nSPS) is 24.3. The molecule has 120 valence electrons. The van der Waals surface area contributed by atoms with Crippen LogP contribution in [0.3, 0.4) is 0 Å². The summed E-state index contributed by atoms with van der Waals surface area (Å²) in [5.41, 5.74) is 1.57. The van der Waals surface area contributed by atoms with Crippen LogP contribution in [0.1, 0.15) is 19.3 Å². The van der Waals surface area contributed by atoms with E-state index in [2.05, 4.69) is 10.2 Å². The molecule has 2 fully saturated rings. The van der Waals surface area contributed by atoms with E-state index in [1.54, 1.807) is 4.90 Å². The number of aromatic nitrogens is 3. The lowest BCUT2D eigenvalue weighted by Gasteiger charge is -2.27. The van der Waals surface area contributed by atoms with E-state index in [4.69, 9.17) is 0 Å². The number of benzene rings is 1. The Hall–Kier alpha value is -2.44. The number of rotatable bonds is 2. The van der Waals surface area contributed by atoms with E-state index in [0.717, 1.165) is 23.9 Å². The van der Waals surface area contributed by atoms with Crippen LogP contribution in [0.25, 0.3) is 11.0 Å². The van der Waals surface area contributed by atoms with E-state index in [9.17, 15) is 9.59 Å². The monoisotopic (exact) mass is 313 g/mol. The average molecular weight is 313 g/mol. The molecule has 2 saturated heterocycles. The Morgan fingerprint density at radius 1 is 1.17 bits per heavy atom. The third kappa shape index (κ3) is 2.46. The number of likely N-dealkylation sites (tertiary alicyclic amines) is 1. The summed E-state index contributed by atoms with van der Waals surface area (Å²) < 4.78 is 0. The first kappa shape index (κ1) is 14.2. The maximum absolute atomic E-state index is 12.8. The minimum absolute atomic E-state index is 0.000839. The lowest BCUT2D eigenvalue weighted by molar-refractivity contribution is -0.135. The second-order valence-electron chi connectivity index (χ2n) is 6.38. The Morgan fingerprint density at radius 3 is 2.52 bits per heavy atom. The Morgan fingerprint density at radius 2 is 1.83 bits per heavy atom. The maximum Gasteiger partial charge on any atom is 0.246 e. The number of carbonyl (C=O) groups is 2. The molecule has 7 nitrogen and oxygen atoms in total. The first-order valence-electron chi connectivity index (χ1n) is 7.97. The quantitative estimate of drug-likeness (QED) is 0.816. The molecule has 7 heteroatoms. The van der Waals surface area contributed by atoms with E-state index in [0.29, 0.717) is 13.0 Å². The van der Waals surface area contributed by atoms with Crippen molar-refractivity contribution in [3.63, 3.8) is 0 Å². The van der Waals surface area contributed by atoms with Crippen molar-refractivity contribution >= 4 is 22.8 Å². The highest BCUT2D eigenvalue weighted by Gasteiger charge is 2.41. The van der Waals surface area contributed by atoms with Crippen LogP contribution in [0, 0.1) is 0 Å². The molecule has 4 rings (SSSR count). The Balaban J connectivity index is 1.55. The van der Waals surface area contributed by atoms with Gasteiger partial charge in [0.15, 0.2) is 0 Å². The molecule has 2 bridgehead atoms. The third-order valence-electron chi connectivity index (χ3n) is 4.83. The zero-order chi connectivity index (χ0) is 16.0. The fourth-order valence-corrected chi connectivity index (χ4v) is 3.70. The highest BCUT2D eigenvalue weighted by Crippen LogP contribution is 2.30. The predicted octanol–water partition coefficient (Wildman–Crippen LogP) is 0.653. The van der Waals surface area contributed by atoms with Crippen LogP contribution in [0.5, 0.6) is 0 Å².